The number of furan rings is 1. The number of aromatic nitrogens is 3. The Bertz CT molecular complexity index is 809. The molecule has 0 saturated heterocycles. The molecule has 1 saturated carbocycles. The van der Waals surface area contributed by atoms with Gasteiger partial charge in [-0.05, 0) is 49.6 Å². The highest BCUT2D eigenvalue weighted by atomic mass is 32.2. The first kappa shape index (κ1) is 15.4. The Labute approximate surface area is 144 Å². The smallest absolute Gasteiger partial charge is 0.192 e. The summed E-state index contributed by atoms with van der Waals surface area (Å²) < 4.78 is 20.8. The summed E-state index contributed by atoms with van der Waals surface area (Å²) in [6.45, 7) is 2.74. The zero-order valence-electron chi connectivity index (χ0n) is 13.4. The minimum absolute atomic E-state index is 0.164. The Balaban J connectivity index is 1.59. The Morgan fingerprint density at radius 1 is 1.25 bits per heavy atom. The quantitative estimate of drug-likeness (QED) is 0.604. The van der Waals surface area contributed by atoms with E-state index in [1.165, 1.54) is 25.0 Å². The molecule has 0 aliphatic heterocycles. The lowest BCUT2D eigenvalue weighted by atomic mass is 10.2. The molecule has 2 aromatic heterocycles. The molecule has 1 aromatic carbocycles. The maximum atomic E-state index is 13.1. The van der Waals surface area contributed by atoms with Gasteiger partial charge in [0.05, 0.1) is 12.8 Å². The van der Waals surface area contributed by atoms with Gasteiger partial charge in [-0.2, -0.15) is 0 Å². The number of thioether (sulfide) groups is 1. The van der Waals surface area contributed by atoms with Gasteiger partial charge in [0.2, 0.25) is 0 Å². The molecule has 1 aliphatic rings. The van der Waals surface area contributed by atoms with E-state index >= 15 is 0 Å². The molecule has 1 atom stereocenters. The maximum Gasteiger partial charge on any atom is 0.192 e. The van der Waals surface area contributed by atoms with Crippen molar-refractivity contribution < 1.29 is 8.81 Å². The van der Waals surface area contributed by atoms with Gasteiger partial charge in [-0.3, -0.25) is 4.57 Å². The van der Waals surface area contributed by atoms with Crippen molar-refractivity contribution in [1.82, 2.24) is 14.8 Å². The van der Waals surface area contributed by atoms with Gasteiger partial charge >= 0.3 is 0 Å². The second kappa shape index (κ2) is 6.43. The second-order valence-corrected chi connectivity index (χ2v) is 7.40. The maximum absolute atomic E-state index is 13.1. The van der Waals surface area contributed by atoms with Crippen LogP contribution >= 0.6 is 11.8 Å². The lowest BCUT2D eigenvalue weighted by molar-refractivity contribution is 0.478. The molecule has 0 unspecified atom stereocenters. The monoisotopic (exact) mass is 343 g/mol. The number of rotatable bonds is 6. The van der Waals surface area contributed by atoms with Crippen LogP contribution in [0, 0.1) is 5.82 Å². The van der Waals surface area contributed by atoms with Crippen molar-refractivity contribution in [3.05, 3.63) is 65.6 Å². The van der Waals surface area contributed by atoms with Crippen LogP contribution in [0.15, 0.2) is 52.2 Å². The van der Waals surface area contributed by atoms with E-state index in [1.807, 2.05) is 24.3 Å². The Hall–Kier alpha value is -2.08. The predicted octanol–water partition coefficient (Wildman–Crippen LogP) is 4.79. The fraction of sp³-hybridized carbons (Fsp3) is 0.333. The molecule has 0 N–H and O–H groups in total. The van der Waals surface area contributed by atoms with Crippen LogP contribution in [0.3, 0.4) is 0 Å². The SMILES string of the molecule is C[C@H](Sc1nnc(C2CC2)n1Cc1ccco1)c1ccc(F)cc1. The highest BCUT2D eigenvalue weighted by Crippen LogP contribution is 2.42. The van der Waals surface area contributed by atoms with Crippen LogP contribution in [0.1, 0.15) is 48.1 Å². The van der Waals surface area contributed by atoms with E-state index < -0.39 is 0 Å². The summed E-state index contributed by atoms with van der Waals surface area (Å²) in [5.41, 5.74) is 1.07. The zero-order valence-corrected chi connectivity index (χ0v) is 14.2. The third-order valence-electron chi connectivity index (χ3n) is 4.20. The Kier molecular flexibility index (Phi) is 4.14. The molecule has 1 fully saturated rings. The van der Waals surface area contributed by atoms with E-state index in [1.54, 1.807) is 18.0 Å². The van der Waals surface area contributed by atoms with Crippen molar-refractivity contribution in [2.45, 2.75) is 42.6 Å². The molecule has 0 radical (unpaired) electrons. The van der Waals surface area contributed by atoms with Crippen LogP contribution < -0.4 is 0 Å². The Morgan fingerprint density at radius 2 is 2.04 bits per heavy atom. The summed E-state index contributed by atoms with van der Waals surface area (Å²) >= 11 is 1.64. The lowest BCUT2D eigenvalue weighted by Gasteiger charge is -2.13. The van der Waals surface area contributed by atoms with Crippen LogP contribution in [-0.2, 0) is 6.54 Å². The minimum atomic E-state index is -0.215. The minimum Gasteiger partial charge on any atom is -0.467 e. The van der Waals surface area contributed by atoms with Gasteiger partial charge in [0, 0.05) is 11.2 Å². The molecule has 2 heterocycles. The lowest BCUT2D eigenvalue weighted by Crippen LogP contribution is -2.06. The Morgan fingerprint density at radius 3 is 2.71 bits per heavy atom. The van der Waals surface area contributed by atoms with Crippen molar-refractivity contribution in [2.75, 3.05) is 0 Å². The van der Waals surface area contributed by atoms with Crippen molar-refractivity contribution in [3.63, 3.8) is 0 Å². The van der Waals surface area contributed by atoms with E-state index in [0.717, 1.165) is 22.3 Å². The zero-order chi connectivity index (χ0) is 16.5. The molecule has 4 nitrogen and oxygen atoms in total. The molecule has 4 rings (SSSR count). The van der Waals surface area contributed by atoms with E-state index in [-0.39, 0.29) is 11.1 Å². The number of nitrogens with zero attached hydrogens (tertiary/aromatic N) is 3. The van der Waals surface area contributed by atoms with Gasteiger partial charge in [-0.1, -0.05) is 23.9 Å². The predicted molar refractivity (Wildman–Crippen MR) is 90.5 cm³/mol. The molecule has 24 heavy (non-hydrogen) atoms. The largest absolute Gasteiger partial charge is 0.467 e. The van der Waals surface area contributed by atoms with Crippen molar-refractivity contribution in [2.24, 2.45) is 0 Å². The van der Waals surface area contributed by atoms with Crippen LogP contribution in [0.4, 0.5) is 4.39 Å². The van der Waals surface area contributed by atoms with Gasteiger partial charge in [0.1, 0.15) is 17.4 Å². The highest BCUT2D eigenvalue weighted by molar-refractivity contribution is 7.99. The third-order valence-corrected chi connectivity index (χ3v) is 5.34. The van der Waals surface area contributed by atoms with Crippen molar-refractivity contribution in [3.8, 4) is 0 Å². The summed E-state index contributed by atoms with van der Waals surface area (Å²) in [6.07, 6.45) is 4.04. The standard InChI is InChI=1S/C18H18FN3OS/c1-12(13-6-8-15(19)9-7-13)24-18-21-20-17(14-4-5-14)22(18)11-16-3-2-10-23-16/h2-3,6-10,12,14H,4-5,11H2,1H3/t12-/m0/s1. The molecule has 1 aliphatic carbocycles. The van der Waals surface area contributed by atoms with Crippen LogP contribution in [0.5, 0.6) is 0 Å². The topological polar surface area (TPSA) is 43.9 Å². The van der Waals surface area contributed by atoms with Crippen molar-refractivity contribution in [1.29, 1.82) is 0 Å². The first-order valence-electron chi connectivity index (χ1n) is 8.08. The molecular formula is C18H18FN3OS. The average Bonchev–Trinajstić information content (AvgIpc) is 3.15. The molecule has 6 heteroatoms. The van der Waals surface area contributed by atoms with Crippen LogP contribution in [-0.4, -0.2) is 14.8 Å². The van der Waals surface area contributed by atoms with Gasteiger partial charge in [0.25, 0.3) is 0 Å². The van der Waals surface area contributed by atoms with E-state index in [2.05, 4.69) is 21.7 Å². The van der Waals surface area contributed by atoms with Gasteiger partial charge in [-0.25, -0.2) is 4.39 Å². The molecule has 0 spiro atoms. The van der Waals surface area contributed by atoms with Gasteiger partial charge in [0.15, 0.2) is 5.16 Å². The average molecular weight is 343 g/mol. The van der Waals surface area contributed by atoms with E-state index in [9.17, 15) is 4.39 Å². The second-order valence-electron chi connectivity index (χ2n) is 6.09. The molecule has 124 valence electrons. The normalized spacial score (nSPS) is 15.6. The van der Waals surface area contributed by atoms with Crippen LogP contribution in [0.25, 0.3) is 0 Å². The summed E-state index contributed by atoms with van der Waals surface area (Å²) in [7, 11) is 0. The fourth-order valence-corrected chi connectivity index (χ4v) is 3.68. The molecule has 0 bridgehead atoms. The van der Waals surface area contributed by atoms with E-state index in [4.69, 9.17) is 4.42 Å². The summed E-state index contributed by atoms with van der Waals surface area (Å²) in [5.74, 6) is 2.24. The van der Waals surface area contributed by atoms with Gasteiger partial charge < -0.3 is 4.42 Å². The molecular weight excluding hydrogens is 325 g/mol. The fourth-order valence-electron chi connectivity index (χ4n) is 2.70. The number of hydrogen-bond acceptors (Lipinski definition) is 4. The highest BCUT2D eigenvalue weighted by Gasteiger charge is 2.31. The summed E-state index contributed by atoms with van der Waals surface area (Å²) in [4.78, 5) is 0. The third kappa shape index (κ3) is 3.24. The summed E-state index contributed by atoms with van der Waals surface area (Å²) in [5, 5.41) is 9.85. The first-order chi connectivity index (χ1) is 11.7. The van der Waals surface area contributed by atoms with E-state index in [0.29, 0.717) is 12.5 Å². The molecule has 0 amide bonds. The van der Waals surface area contributed by atoms with Gasteiger partial charge in [-0.15, -0.1) is 10.2 Å². The number of benzene rings is 1. The molecule has 3 aromatic rings. The number of halogens is 1. The summed E-state index contributed by atoms with van der Waals surface area (Å²) in [6, 6.07) is 10.5. The van der Waals surface area contributed by atoms with Crippen LogP contribution in [0.2, 0.25) is 0 Å². The number of hydrogen-bond donors (Lipinski definition) is 0. The first-order valence-corrected chi connectivity index (χ1v) is 8.96. The van der Waals surface area contributed by atoms with Crippen molar-refractivity contribution >= 4 is 11.8 Å².